The Hall–Kier alpha value is -2.11. The number of benzene rings is 1. The summed E-state index contributed by atoms with van der Waals surface area (Å²) in [5.41, 5.74) is 1.25. The highest BCUT2D eigenvalue weighted by molar-refractivity contribution is 7.13. The van der Waals surface area contributed by atoms with E-state index in [2.05, 4.69) is 4.98 Å². The average Bonchev–Trinajstić information content (AvgIpc) is 3.09. The van der Waals surface area contributed by atoms with E-state index in [1.165, 1.54) is 11.3 Å². The molecule has 0 radical (unpaired) electrons. The van der Waals surface area contributed by atoms with Crippen LogP contribution in [0, 0.1) is 6.92 Å². The van der Waals surface area contributed by atoms with E-state index in [1.54, 1.807) is 12.1 Å². The minimum absolute atomic E-state index is 0.133. The number of rotatable bonds is 3. The van der Waals surface area contributed by atoms with E-state index in [4.69, 9.17) is 16.0 Å². The molecule has 0 fully saturated rings. The van der Waals surface area contributed by atoms with Gasteiger partial charge < -0.3 is 9.52 Å². The molecule has 1 N–H and O–H groups in total. The zero-order valence-electron chi connectivity index (χ0n) is 11.0. The van der Waals surface area contributed by atoms with Gasteiger partial charge in [0.05, 0.1) is 9.90 Å². The SMILES string of the molecule is Cc1cccc(-c2oc(-c3cccs3)nc2C(=O)O)c1Cl. The topological polar surface area (TPSA) is 63.3 Å². The first-order valence-electron chi connectivity index (χ1n) is 6.11. The van der Waals surface area contributed by atoms with Crippen LogP contribution < -0.4 is 0 Å². The summed E-state index contributed by atoms with van der Waals surface area (Å²) in [5.74, 6) is -0.677. The van der Waals surface area contributed by atoms with Crippen molar-refractivity contribution in [1.82, 2.24) is 4.98 Å². The predicted molar refractivity (Wildman–Crippen MR) is 82.0 cm³/mol. The first-order valence-corrected chi connectivity index (χ1v) is 7.37. The van der Waals surface area contributed by atoms with Gasteiger partial charge in [0.1, 0.15) is 0 Å². The number of halogens is 1. The fourth-order valence-corrected chi connectivity index (χ4v) is 2.84. The second-order valence-corrected chi connectivity index (χ2v) is 5.74. The van der Waals surface area contributed by atoms with Crippen molar-refractivity contribution in [2.24, 2.45) is 0 Å². The first kappa shape index (κ1) is 13.9. The van der Waals surface area contributed by atoms with Crippen LogP contribution in [0.1, 0.15) is 16.1 Å². The number of hydrogen-bond donors (Lipinski definition) is 1. The number of oxazole rings is 1. The minimum atomic E-state index is -1.14. The number of aromatic carboxylic acids is 1. The molecule has 6 heteroatoms. The van der Waals surface area contributed by atoms with Crippen molar-refractivity contribution in [3.63, 3.8) is 0 Å². The van der Waals surface area contributed by atoms with Gasteiger partial charge in [-0.3, -0.25) is 0 Å². The maximum absolute atomic E-state index is 11.4. The molecule has 4 nitrogen and oxygen atoms in total. The summed E-state index contributed by atoms with van der Waals surface area (Å²) in [6.45, 7) is 1.85. The summed E-state index contributed by atoms with van der Waals surface area (Å²) in [5, 5.41) is 11.7. The highest BCUT2D eigenvalue weighted by Gasteiger charge is 2.23. The third-order valence-electron chi connectivity index (χ3n) is 3.00. The fraction of sp³-hybridized carbons (Fsp3) is 0.0667. The van der Waals surface area contributed by atoms with Crippen molar-refractivity contribution in [3.8, 4) is 22.1 Å². The van der Waals surface area contributed by atoms with Gasteiger partial charge in [0.15, 0.2) is 11.5 Å². The van der Waals surface area contributed by atoms with Gasteiger partial charge in [0.25, 0.3) is 0 Å². The number of nitrogens with zero attached hydrogens (tertiary/aromatic N) is 1. The number of carbonyl (C=O) groups is 1. The summed E-state index contributed by atoms with van der Waals surface area (Å²) in [4.78, 5) is 16.3. The summed E-state index contributed by atoms with van der Waals surface area (Å²) in [6.07, 6.45) is 0. The zero-order valence-corrected chi connectivity index (χ0v) is 12.5. The standard InChI is InChI=1S/C15H10ClNO3S/c1-8-4-2-5-9(11(8)16)13-12(15(18)19)17-14(20-13)10-6-3-7-21-10/h2-7H,1H3,(H,18,19). The average molecular weight is 320 g/mol. The van der Waals surface area contributed by atoms with E-state index in [0.717, 1.165) is 10.4 Å². The normalized spacial score (nSPS) is 10.8. The molecule has 0 aliphatic heterocycles. The molecule has 1 aromatic carbocycles. The predicted octanol–water partition coefficient (Wildman–Crippen LogP) is 4.73. The molecule has 0 saturated carbocycles. The van der Waals surface area contributed by atoms with Crippen LogP contribution in [-0.4, -0.2) is 16.1 Å². The van der Waals surface area contributed by atoms with Crippen molar-refractivity contribution in [3.05, 3.63) is 52.0 Å². The van der Waals surface area contributed by atoms with E-state index in [1.807, 2.05) is 30.5 Å². The molecule has 0 saturated heterocycles. The summed E-state index contributed by atoms with van der Waals surface area (Å²) in [7, 11) is 0. The number of thiophene rings is 1. The molecule has 0 aliphatic carbocycles. The zero-order chi connectivity index (χ0) is 15.0. The highest BCUT2D eigenvalue weighted by Crippen LogP contribution is 2.36. The van der Waals surface area contributed by atoms with Crippen molar-refractivity contribution < 1.29 is 14.3 Å². The number of hydrogen-bond acceptors (Lipinski definition) is 4. The Morgan fingerprint density at radius 1 is 1.33 bits per heavy atom. The van der Waals surface area contributed by atoms with E-state index < -0.39 is 5.97 Å². The monoisotopic (exact) mass is 319 g/mol. The highest BCUT2D eigenvalue weighted by atomic mass is 35.5. The molecule has 2 heterocycles. The number of aryl methyl sites for hydroxylation is 1. The van der Waals surface area contributed by atoms with Gasteiger partial charge in [-0.05, 0) is 30.0 Å². The third kappa shape index (κ3) is 2.46. The smallest absolute Gasteiger partial charge is 0.358 e. The lowest BCUT2D eigenvalue weighted by atomic mass is 10.1. The number of aromatic nitrogens is 1. The van der Waals surface area contributed by atoms with Crippen molar-refractivity contribution in [2.75, 3.05) is 0 Å². The van der Waals surface area contributed by atoms with Gasteiger partial charge in [-0.15, -0.1) is 11.3 Å². The van der Waals surface area contributed by atoms with Crippen LogP contribution in [0.5, 0.6) is 0 Å². The lowest BCUT2D eigenvalue weighted by Gasteiger charge is -2.04. The molecular formula is C15H10ClNO3S. The molecule has 2 aromatic heterocycles. The van der Waals surface area contributed by atoms with Gasteiger partial charge in [-0.2, -0.15) is 0 Å². The van der Waals surface area contributed by atoms with E-state index in [9.17, 15) is 9.90 Å². The van der Waals surface area contributed by atoms with Gasteiger partial charge in [0.2, 0.25) is 5.89 Å². The summed E-state index contributed by atoms with van der Waals surface area (Å²) >= 11 is 7.69. The quantitative estimate of drug-likeness (QED) is 0.758. The Kier molecular flexibility index (Phi) is 3.53. The van der Waals surface area contributed by atoms with Crippen LogP contribution in [0.3, 0.4) is 0 Å². The molecule has 106 valence electrons. The maximum Gasteiger partial charge on any atom is 0.358 e. The summed E-state index contributed by atoms with van der Waals surface area (Å²) < 4.78 is 5.68. The Bertz CT molecular complexity index is 808. The van der Waals surface area contributed by atoms with Gasteiger partial charge in [-0.1, -0.05) is 29.8 Å². The molecule has 0 spiro atoms. The molecule has 3 rings (SSSR count). The molecule has 21 heavy (non-hydrogen) atoms. The lowest BCUT2D eigenvalue weighted by Crippen LogP contribution is -1.99. The van der Waals surface area contributed by atoms with Crippen LogP contribution in [0.4, 0.5) is 0 Å². The Morgan fingerprint density at radius 2 is 2.14 bits per heavy atom. The van der Waals surface area contributed by atoms with Crippen LogP contribution >= 0.6 is 22.9 Å². The largest absolute Gasteiger partial charge is 0.476 e. The van der Waals surface area contributed by atoms with Crippen molar-refractivity contribution >= 4 is 28.9 Å². The van der Waals surface area contributed by atoms with Crippen molar-refractivity contribution in [2.45, 2.75) is 6.92 Å². The second kappa shape index (κ2) is 5.35. The van der Waals surface area contributed by atoms with E-state index in [-0.39, 0.29) is 17.3 Å². The lowest BCUT2D eigenvalue weighted by molar-refractivity contribution is 0.0691. The maximum atomic E-state index is 11.4. The van der Waals surface area contributed by atoms with Crippen LogP contribution in [0.25, 0.3) is 22.1 Å². The molecule has 0 amide bonds. The Morgan fingerprint density at radius 3 is 2.81 bits per heavy atom. The Balaban J connectivity index is 2.22. The van der Waals surface area contributed by atoms with Gasteiger partial charge >= 0.3 is 5.97 Å². The molecular weight excluding hydrogens is 310 g/mol. The van der Waals surface area contributed by atoms with Crippen LogP contribution in [-0.2, 0) is 0 Å². The van der Waals surface area contributed by atoms with Gasteiger partial charge in [0, 0.05) is 5.56 Å². The second-order valence-electron chi connectivity index (χ2n) is 4.42. The minimum Gasteiger partial charge on any atom is -0.476 e. The van der Waals surface area contributed by atoms with E-state index >= 15 is 0 Å². The first-order chi connectivity index (χ1) is 10.1. The summed E-state index contributed by atoms with van der Waals surface area (Å²) in [6, 6.07) is 9.05. The molecule has 0 aliphatic rings. The Labute approximate surface area is 129 Å². The molecule has 3 aromatic rings. The van der Waals surface area contributed by atoms with Crippen LogP contribution in [0.2, 0.25) is 5.02 Å². The molecule has 0 unspecified atom stereocenters. The number of carboxylic acids is 1. The molecule has 0 bridgehead atoms. The molecule has 0 atom stereocenters. The van der Waals surface area contributed by atoms with Gasteiger partial charge in [-0.25, -0.2) is 9.78 Å². The van der Waals surface area contributed by atoms with Crippen molar-refractivity contribution in [1.29, 1.82) is 0 Å². The fourth-order valence-electron chi connectivity index (χ4n) is 1.98. The number of carboxylic acid groups (broad SMARTS) is 1. The van der Waals surface area contributed by atoms with Crippen LogP contribution in [0.15, 0.2) is 40.1 Å². The van der Waals surface area contributed by atoms with E-state index in [0.29, 0.717) is 10.6 Å². The third-order valence-corrected chi connectivity index (χ3v) is 4.36.